The summed E-state index contributed by atoms with van der Waals surface area (Å²) in [6.07, 6.45) is -4.43. The summed E-state index contributed by atoms with van der Waals surface area (Å²) in [5.74, 6) is 0.351. The molecule has 0 aliphatic carbocycles. The van der Waals surface area contributed by atoms with Gasteiger partial charge >= 0.3 is 12.1 Å². The number of carbonyl (C=O) groups is 1. The zero-order valence-corrected chi connectivity index (χ0v) is 12.9. The van der Waals surface area contributed by atoms with Crippen LogP contribution in [0.1, 0.15) is 18.4 Å². The monoisotopic (exact) mass is 346 g/mol. The van der Waals surface area contributed by atoms with Crippen molar-refractivity contribution in [3.8, 4) is 11.4 Å². The van der Waals surface area contributed by atoms with Crippen molar-refractivity contribution in [2.45, 2.75) is 18.9 Å². The Labute approximate surface area is 134 Å². The van der Waals surface area contributed by atoms with E-state index in [4.69, 9.17) is 9.26 Å². The molecule has 1 heterocycles. The van der Waals surface area contributed by atoms with Gasteiger partial charge in [0, 0.05) is 5.56 Å². The highest BCUT2D eigenvalue weighted by atomic mass is 32.2. The molecule has 1 aromatic heterocycles. The Hall–Kier alpha value is -2.03. The topological polar surface area (TPSA) is 65.2 Å². The molecule has 0 N–H and O–H groups in total. The molecule has 0 aliphatic rings. The average Bonchev–Trinajstić information content (AvgIpc) is 2.96. The number of rotatable bonds is 6. The summed E-state index contributed by atoms with van der Waals surface area (Å²) in [6, 6.07) is 4.68. The van der Waals surface area contributed by atoms with Gasteiger partial charge in [-0.1, -0.05) is 17.3 Å². The highest BCUT2D eigenvalue weighted by Crippen LogP contribution is 2.31. The lowest BCUT2D eigenvalue weighted by Crippen LogP contribution is -2.06. The van der Waals surface area contributed by atoms with Gasteiger partial charge in [0.05, 0.1) is 23.7 Å². The first-order valence-electron chi connectivity index (χ1n) is 6.63. The fourth-order valence-corrected chi connectivity index (χ4v) is 2.33. The van der Waals surface area contributed by atoms with Gasteiger partial charge < -0.3 is 9.26 Å². The van der Waals surface area contributed by atoms with Gasteiger partial charge in [0.1, 0.15) is 0 Å². The van der Waals surface area contributed by atoms with Crippen LogP contribution in [0.2, 0.25) is 0 Å². The standard InChI is InChI=1S/C14H13F3N2O3S/c1-2-21-12(20)8-23-7-11-18-13(19-22-11)9-4-3-5-10(6-9)14(15,16)17/h3-6H,2,7-8H2,1H3. The first kappa shape index (κ1) is 17.3. The molecular formula is C14H13F3N2O3S. The third-order valence-electron chi connectivity index (χ3n) is 2.67. The van der Waals surface area contributed by atoms with Crippen molar-refractivity contribution in [1.29, 1.82) is 0 Å². The second-order valence-electron chi connectivity index (χ2n) is 4.39. The number of hydrogen-bond acceptors (Lipinski definition) is 6. The van der Waals surface area contributed by atoms with E-state index >= 15 is 0 Å². The maximum Gasteiger partial charge on any atom is 0.416 e. The molecule has 0 spiro atoms. The van der Waals surface area contributed by atoms with Crippen molar-refractivity contribution in [1.82, 2.24) is 10.1 Å². The summed E-state index contributed by atoms with van der Waals surface area (Å²) in [7, 11) is 0. The van der Waals surface area contributed by atoms with Crippen LogP contribution in [0, 0.1) is 0 Å². The van der Waals surface area contributed by atoms with Crippen LogP contribution in [-0.4, -0.2) is 28.5 Å². The van der Waals surface area contributed by atoms with Crippen LogP contribution in [-0.2, 0) is 21.5 Å². The summed E-state index contributed by atoms with van der Waals surface area (Å²) in [5, 5.41) is 3.66. The third kappa shape index (κ3) is 4.98. The van der Waals surface area contributed by atoms with Crippen LogP contribution in [0.4, 0.5) is 13.2 Å². The van der Waals surface area contributed by atoms with Crippen LogP contribution in [0.5, 0.6) is 0 Å². The van der Waals surface area contributed by atoms with Crippen LogP contribution < -0.4 is 0 Å². The molecule has 0 unspecified atom stereocenters. The fraction of sp³-hybridized carbons (Fsp3) is 0.357. The third-order valence-corrected chi connectivity index (χ3v) is 3.56. The number of alkyl halides is 3. The van der Waals surface area contributed by atoms with Crippen molar-refractivity contribution in [2.75, 3.05) is 12.4 Å². The number of esters is 1. The van der Waals surface area contributed by atoms with E-state index < -0.39 is 11.7 Å². The van der Waals surface area contributed by atoms with E-state index in [1.165, 1.54) is 23.9 Å². The molecule has 0 saturated carbocycles. The average molecular weight is 346 g/mol. The molecular weight excluding hydrogens is 333 g/mol. The summed E-state index contributed by atoms with van der Waals surface area (Å²) >= 11 is 1.22. The van der Waals surface area contributed by atoms with E-state index in [1.54, 1.807) is 6.92 Å². The van der Waals surface area contributed by atoms with Crippen LogP contribution in [0.3, 0.4) is 0 Å². The molecule has 0 radical (unpaired) electrons. The molecule has 0 amide bonds. The second-order valence-corrected chi connectivity index (χ2v) is 5.37. The molecule has 2 aromatic rings. The lowest BCUT2D eigenvalue weighted by atomic mass is 10.1. The number of aromatic nitrogens is 2. The number of nitrogens with zero attached hydrogens (tertiary/aromatic N) is 2. The van der Waals surface area contributed by atoms with E-state index in [0.29, 0.717) is 6.61 Å². The van der Waals surface area contributed by atoms with Crippen molar-refractivity contribution in [3.05, 3.63) is 35.7 Å². The minimum absolute atomic E-state index is 0.0721. The molecule has 0 fully saturated rings. The number of ether oxygens (including phenoxy) is 1. The minimum Gasteiger partial charge on any atom is -0.465 e. The summed E-state index contributed by atoms with van der Waals surface area (Å²) in [5.41, 5.74) is -0.566. The van der Waals surface area contributed by atoms with Gasteiger partial charge in [-0.25, -0.2) is 0 Å². The minimum atomic E-state index is -4.43. The van der Waals surface area contributed by atoms with Crippen molar-refractivity contribution >= 4 is 17.7 Å². The number of hydrogen-bond donors (Lipinski definition) is 0. The molecule has 1 aromatic carbocycles. The van der Waals surface area contributed by atoms with E-state index in [2.05, 4.69) is 10.1 Å². The van der Waals surface area contributed by atoms with Crippen LogP contribution in [0.25, 0.3) is 11.4 Å². The van der Waals surface area contributed by atoms with Crippen molar-refractivity contribution < 1.29 is 27.2 Å². The normalized spacial score (nSPS) is 11.5. The molecule has 0 atom stereocenters. The lowest BCUT2D eigenvalue weighted by molar-refractivity contribution is -0.140. The molecule has 2 rings (SSSR count). The Kier molecular flexibility index (Phi) is 5.64. The Morgan fingerprint density at radius 3 is 2.87 bits per heavy atom. The summed E-state index contributed by atoms with van der Waals surface area (Å²) in [6.45, 7) is 2.02. The summed E-state index contributed by atoms with van der Waals surface area (Å²) < 4.78 is 47.8. The maximum absolute atomic E-state index is 12.7. The van der Waals surface area contributed by atoms with E-state index in [9.17, 15) is 18.0 Å². The second kappa shape index (κ2) is 7.49. The largest absolute Gasteiger partial charge is 0.465 e. The maximum atomic E-state index is 12.7. The van der Waals surface area contributed by atoms with Gasteiger partial charge in [0.25, 0.3) is 0 Å². The lowest BCUT2D eigenvalue weighted by Gasteiger charge is -2.06. The smallest absolute Gasteiger partial charge is 0.416 e. The molecule has 0 saturated heterocycles. The van der Waals surface area contributed by atoms with Crippen molar-refractivity contribution in [3.63, 3.8) is 0 Å². The number of benzene rings is 1. The Morgan fingerprint density at radius 1 is 1.39 bits per heavy atom. The highest BCUT2D eigenvalue weighted by molar-refractivity contribution is 7.99. The molecule has 9 heteroatoms. The van der Waals surface area contributed by atoms with E-state index in [1.807, 2.05) is 0 Å². The first-order chi connectivity index (χ1) is 10.9. The predicted molar refractivity (Wildman–Crippen MR) is 77.5 cm³/mol. The predicted octanol–water partition coefficient (Wildman–Crippen LogP) is 3.55. The van der Waals surface area contributed by atoms with E-state index in [0.717, 1.165) is 12.1 Å². The SMILES string of the molecule is CCOC(=O)CSCc1nc(-c2cccc(C(F)(F)F)c2)no1. The van der Waals surface area contributed by atoms with Crippen molar-refractivity contribution in [2.24, 2.45) is 0 Å². The quantitative estimate of drug-likeness (QED) is 0.745. The number of thioether (sulfide) groups is 1. The summed E-state index contributed by atoms with van der Waals surface area (Å²) in [4.78, 5) is 15.2. The molecule has 124 valence electrons. The Balaban J connectivity index is 2.01. The zero-order chi connectivity index (χ0) is 16.9. The van der Waals surface area contributed by atoms with Gasteiger partial charge in [0.15, 0.2) is 0 Å². The van der Waals surface area contributed by atoms with Crippen LogP contribution >= 0.6 is 11.8 Å². The fourth-order valence-electron chi connectivity index (χ4n) is 1.69. The van der Waals surface area contributed by atoms with Crippen LogP contribution in [0.15, 0.2) is 28.8 Å². The zero-order valence-electron chi connectivity index (χ0n) is 12.1. The van der Waals surface area contributed by atoms with Gasteiger partial charge in [-0.3, -0.25) is 4.79 Å². The first-order valence-corrected chi connectivity index (χ1v) is 7.79. The highest BCUT2D eigenvalue weighted by Gasteiger charge is 2.30. The Bertz CT molecular complexity index is 673. The number of halogens is 3. The molecule has 23 heavy (non-hydrogen) atoms. The molecule has 5 nitrogen and oxygen atoms in total. The Morgan fingerprint density at radius 2 is 2.17 bits per heavy atom. The molecule has 0 bridgehead atoms. The van der Waals surface area contributed by atoms with Gasteiger partial charge in [-0.15, -0.1) is 11.8 Å². The van der Waals surface area contributed by atoms with E-state index in [-0.39, 0.29) is 34.8 Å². The van der Waals surface area contributed by atoms with Gasteiger partial charge in [-0.05, 0) is 19.1 Å². The molecule has 0 aliphatic heterocycles. The van der Waals surface area contributed by atoms with Gasteiger partial charge in [-0.2, -0.15) is 18.2 Å². The number of carbonyl (C=O) groups excluding carboxylic acids is 1. The van der Waals surface area contributed by atoms with Gasteiger partial charge in [0.2, 0.25) is 11.7 Å².